The van der Waals surface area contributed by atoms with Crippen molar-refractivity contribution >= 4 is 28.9 Å². The Kier molecular flexibility index (Phi) is 4.89. The summed E-state index contributed by atoms with van der Waals surface area (Å²) in [5.41, 5.74) is 2.02. The van der Waals surface area contributed by atoms with Crippen LogP contribution >= 0.6 is 11.3 Å². The van der Waals surface area contributed by atoms with E-state index >= 15 is 0 Å². The van der Waals surface area contributed by atoms with Crippen LogP contribution in [-0.4, -0.2) is 20.8 Å². The van der Waals surface area contributed by atoms with E-state index in [1.165, 1.54) is 23.5 Å². The Hall–Kier alpha value is -3.85. The van der Waals surface area contributed by atoms with Crippen molar-refractivity contribution in [2.75, 3.05) is 0 Å². The molecule has 0 spiro atoms. The fourth-order valence-electron chi connectivity index (χ4n) is 2.46. The van der Waals surface area contributed by atoms with Crippen molar-refractivity contribution in [1.29, 1.82) is 0 Å². The van der Waals surface area contributed by atoms with Crippen LogP contribution in [0.1, 0.15) is 5.56 Å². The third-order valence-corrected chi connectivity index (χ3v) is 4.55. The topological polar surface area (TPSA) is 98.8 Å². The fraction of sp³-hybridized carbons (Fsp3) is 0. The molecule has 0 aliphatic carbocycles. The van der Waals surface area contributed by atoms with Crippen molar-refractivity contribution in [2.24, 2.45) is 10.1 Å². The molecule has 9 heteroatoms. The second-order valence-corrected chi connectivity index (χ2v) is 6.45. The highest BCUT2D eigenvalue weighted by Gasteiger charge is 2.10. The fourth-order valence-corrected chi connectivity index (χ4v) is 3.29. The van der Waals surface area contributed by atoms with Crippen molar-refractivity contribution in [1.82, 2.24) is 9.66 Å². The molecule has 3 aromatic heterocycles. The number of aromatic nitrogens is 2. The maximum atomic E-state index is 11.0. The smallest absolute Gasteiger partial charge is 0.270 e. The number of rotatable bonds is 5. The molecule has 8 nitrogen and oxygen atoms in total. The molecule has 0 bridgehead atoms. The van der Waals surface area contributed by atoms with E-state index in [0.29, 0.717) is 21.8 Å². The molecule has 0 atom stereocenters. The standard InChI is InChI=1S/C19H13N5O3S/c25-24(26)16-6-1-4-14(10-16)11-21-23-17(18-7-3-9-27-18)13-28-19(23)22-15-5-2-8-20-12-15/h1-13H. The highest BCUT2D eigenvalue weighted by Crippen LogP contribution is 2.21. The first kappa shape index (κ1) is 17.6. The number of benzene rings is 1. The third kappa shape index (κ3) is 3.79. The van der Waals surface area contributed by atoms with Crippen LogP contribution in [0.3, 0.4) is 0 Å². The van der Waals surface area contributed by atoms with Gasteiger partial charge >= 0.3 is 0 Å². The zero-order valence-electron chi connectivity index (χ0n) is 14.4. The van der Waals surface area contributed by atoms with E-state index < -0.39 is 4.92 Å². The van der Waals surface area contributed by atoms with Crippen molar-refractivity contribution < 1.29 is 9.34 Å². The predicted molar refractivity (Wildman–Crippen MR) is 106 cm³/mol. The summed E-state index contributed by atoms with van der Waals surface area (Å²) in [6, 6.07) is 13.5. The summed E-state index contributed by atoms with van der Waals surface area (Å²) in [6.45, 7) is 0. The monoisotopic (exact) mass is 391 g/mol. The first-order valence-corrected chi connectivity index (χ1v) is 9.07. The van der Waals surface area contributed by atoms with E-state index in [9.17, 15) is 10.1 Å². The largest absolute Gasteiger partial charge is 0.463 e. The summed E-state index contributed by atoms with van der Waals surface area (Å²) in [6.07, 6.45) is 6.46. The van der Waals surface area contributed by atoms with E-state index in [2.05, 4.69) is 15.1 Å². The third-order valence-electron chi connectivity index (χ3n) is 3.73. The number of nitrogens with zero attached hydrogens (tertiary/aromatic N) is 5. The van der Waals surface area contributed by atoms with Crippen LogP contribution in [0.2, 0.25) is 0 Å². The van der Waals surface area contributed by atoms with E-state index in [0.717, 1.165) is 5.69 Å². The van der Waals surface area contributed by atoms with Crippen LogP contribution in [-0.2, 0) is 0 Å². The van der Waals surface area contributed by atoms with Crippen molar-refractivity contribution in [3.63, 3.8) is 0 Å². The van der Waals surface area contributed by atoms with E-state index in [1.807, 2.05) is 17.5 Å². The lowest BCUT2D eigenvalue weighted by Crippen LogP contribution is -2.11. The first-order valence-electron chi connectivity index (χ1n) is 8.19. The van der Waals surface area contributed by atoms with Gasteiger partial charge in [0.25, 0.3) is 5.69 Å². The Morgan fingerprint density at radius 3 is 2.89 bits per heavy atom. The molecule has 0 N–H and O–H groups in total. The van der Waals surface area contributed by atoms with Gasteiger partial charge in [-0.25, -0.2) is 9.67 Å². The molecule has 0 aliphatic rings. The lowest BCUT2D eigenvalue weighted by Gasteiger charge is -2.01. The predicted octanol–water partition coefficient (Wildman–Crippen LogP) is 4.23. The van der Waals surface area contributed by atoms with Crippen molar-refractivity contribution in [3.05, 3.63) is 93.0 Å². The van der Waals surface area contributed by atoms with E-state index in [-0.39, 0.29) is 5.69 Å². The Morgan fingerprint density at radius 1 is 1.21 bits per heavy atom. The number of hydrogen-bond acceptors (Lipinski definition) is 7. The molecule has 0 aliphatic heterocycles. The second-order valence-electron chi connectivity index (χ2n) is 5.61. The average Bonchev–Trinajstić information content (AvgIpc) is 3.37. The summed E-state index contributed by atoms with van der Waals surface area (Å²) in [5, 5.41) is 17.4. The molecule has 0 amide bonds. The van der Waals surface area contributed by atoms with Crippen molar-refractivity contribution in [3.8, 4) is 11.5 Å². The molecular weight excluding hydrogens is 378 g/mol. The zero-order valence-corrected chi connectivity index (χ0v) is 15.2. The van der Waals surface area contributed by atoms with E-state index in [4.69, 9.17) is 4.42 Å². The highest BCUT2D eigenvalue weighted by molar-refractivity contribution is 7.07. The molecule has 138 valence electrons. The first-order chi connectivity index (χ1) is 13.7. The minimum atomic E-state index is -0.438. The van der Waals surface area contributed by atoms with Crippen LogP contribution in [0.25, 0.3) is 11.5 Å². The number of pyridine rings is 1. The number of hydrogen-bond donors (Lipinski definition) is 0. The molecule has 0 fully saturated rings. The molecule has 28 heavy (non-hydrogen) atoms. The van der Waals surface area contributed by atoms with Gasteiger partial charge in [-0.1, -0.05) is 12.1 Å². The van der Waals surface area contributed by atoms with Gasteiger partial charge in [-0.15, -0.1) is 11.3 Å². The molecule has 4 aromatic rings. The van der Waals surface area contributed by atoms with Gasteiger partial charge in [0.05, 0.1) is 29.3 Å². The van der Waals surface area contributed by atoms with Gasteiger partial charge in [0.2, 0.25) is 4.80 Å². The molecule has 0 radical (unpaired) electrons. The Morgan fingerprint density at radius 2 is 2.14 bits per heavy atom. The van der Waals surface area contributed by atoms with Gasteiger partial charge in [0.15, 0.2) is 5.76 Å². The summed E-state index contributed by atoms with van der Waals surface area (Å²) in [7, 11) is 0. The molecular formula is C19H13N5O3S. The Labute approximate surface area is 162 Å². The van der Waals surface area contributed by atoms with Crippen LogP contribution in [0.5, 0.6) is 0 Å². The number of non-ortho nitro benzene ring substituents is 1. The van der Waals surface area contributed by atoms with Crippen LogP contribution in [0.15, 0.2) is 87.1 Å². The van der Waals surface area contributed by atoms with Crippen LogP contribution in [0, 0.1) is 10.1 Å². The summed E-state index contributed by atoms with van der Waals surface area (Å²) in [4.78, 5) is 19.8. The number of furan rings is 1. The lowest BCUT2D eigenvalue weighted by atomic mass is 10.2. The minimum absolute atomic E-state index is 0.00537. The zero-order chi connectivity index (χ0) is 19.3. The number of nitro benzene ring substituents is 1. The van der Waals surface area contributed by atoms with Gasteiger partial charge < -0.3 is 4.42 Å². The van der Waals surface area contributed by atoms with Gasteiger partial charge in [-0.2, -0.15) is 5.10 Å². The highest BCUT2D eigenvalue weighted by atomic mass is 32.1. The maximum Gasteiger partial charge on any atom is 0.270 e. The summed E-state index contributed by atoms with van der Waals surface area (Å²) < 4.78 is 7.13. The number of nitro groups is 1. The molecule has 0 saturated carbocycles. The normalized spacial score (nSPS) is 11.9. The Balaban J connectivity index is 1.80. The second kappa shape index (κ2) is 7.80. The van der Waals surface area contributed by atoms with Crippen molar-refractivity contribution in [2.45, 2.75) is 0 Å². The summed E-state index contributed by atoms with van der Waals surface area (Å²) in [5.74, 6) is 0.639. The van der Waals surface area contributed by atoms with E-state index in [1.54, 1.807) is 53.8 Å². The number of thiazole rings is 1. The van der Waals surface area contributed by atoms with Crippen LogP contribution < -0.4 is 4.80 Å². The van der Waals surface area contributed by atoms with Crippen LogP contribution in [0.4, 0.5) is 11.4 Å². The average molecular weight is 391 g/mol. The SMILES string of the molecule is O=[N+]([O-])c1cccc(C=Nn2c(-c3ccco3)csc2=Nc2cccnc2)c1. The van der Waals surface area contributed by atoms with Gasteiger partial charge in [-0.3, -0.25) is 15.1 Å². The minimum Gasteiger partial charge on any atom is -0.463 e. The van der Waals surface area contributed by atoms with Gasteiger partial charge in [0, 0.05) is 29.3 Å². The molecule has 4 rings (SSSR count). The van der Waals surface area contributed by atoms with Gasteiger partial charge in [0.1, 0.15) is 5.69 Å². The lowest BCUT2D eigenvalue weighted by molar-refractivity contribution is -0.384. The quantitative estimate of drug-likeness (QED) is 0.289. The molecule has 0 saturated heterocycles. The molecule has 1 aromatic carbocycles. The Bertz CT molecular complexity index is 1190. The maximum absolute atomic E-state index is 11.0. The molecule has 3 heterocycles. The molecule has 0 unspecified atom stereocenters. The summed E-state index contributed by atoms with van der Waals surface area (Å²) >= 11 is 1.40. The van der Waals surface area contributed by atoms with Gasteiger partial charge in [-0.05, 0) is 24.3 Å².